The van der Waals surface area contributed by atoms with Gasteiger partial charge in [-0.1, -0.05) is 141 Å². The molecule has 0 unspecified atom stereocenters. The van der Waals surface area contributed by atoms with E-state index in [4.69, 9.17) is 4.55 Å². The van der Waals surface area contributed by atoms with Gasteiger partial charge in [0.15, 0.2) is 0 Å². The minimum atomic E-state index is -4.16. The molecule has 10 heteroatoms. The Hall–Kier alpha value is -1.75. The van der Waals surface area contributed by atoms with E-state index in [1.54, 1.807) is 0 Å². The lowest BCUT2D eigenvalue weighted by Crippen LogP contribution is -2.42. The molecule has 55 heavy (non-hydrogen) atoms. The van der Waals surface area contributed by atoms with Crippen molar-refractivity contribution in [2.24, 2.45) is 4.99 Å². The Balaban J connectivity index is 0. The fourth-order valence-corrected chi connectivity index (χ4v) is 6.42. The van der Waals surface area contributed by atoms with Crippen LogP contribution in [0.15, 0.2) is 29.3 Å². The number of hydrogen-bond donors (Lipinski definition) is 2. The molecule has 0 radical (unpaired) electrons. The molecule has 0 aliphatic carbocycles. The number of nitrogens with zero attached hydrogens (tertiary/aromatic N) is 2. The topological polar surface area (TPSA) is 128 Å². The smallest absolute Gasteiger partial charge is 0.397 e. The molecule has 0 aromatic rings. The Morgan fingerprint density at radius 1 is 0.618 bits per heavy atom. The van der Waals surface area contributed by atoms with Gasteiger partial charge in [0, 0.05) is 32.4 Å². The van der Waals surface area contributed by atoms with E-state index in [1.807, 2.05) is 0 Å². The number of rotatable bonds is 39. The second kappa shape index (κ2) is 41.9. The van der Waals surface area contributed by atoms with Crippen molar-refractivity contribution in [2.75, 3.05) is 47.4 Å². The number of nitrogens with one attached hydrogen (secondary N) is 1. The van der Waals surface area contributed by atoms with Gasteiger partial charge in [-0.15, -0.1) is 0 Å². The monoisotopic (exact) mass is 800 g/mol. The van der Waals surface area contributed by atoms with Gasteiger partial charge in [0.25, 0.3) is 0 Å². The van der Waals surface area contributed by atoms with E-state index in [0.717, 1.165) is 69.8 Å². The van der Waals surface area contributed by atoms with E-state index in [9.17, 15) is 18.3 Å². The highest BCUT2D eigenvalue weighted by atomic mass is 32.3. The Bertz CT molecular complexity index is 1030. The minimum absolute atomic E-state index is 0.0804. The van der Waals surface area contributed by atoms with Crippen LogP contribution in [0.3, 0.4) is 0 Å². The van der Waals surface area contributed by atoms with Crippen molar-refractivity contribution in [3.8, 4) is 0 Å². The van der Waals surface area contributed by atoms with Crippen LogP contribution >= 0.6 is 0 Å². The number of carbonyl (C=O) groups is 1. The first kappa shape index (κ1) is 55.3. The number of hydrogen-bond acceptors (Lipinski definition) is 6. The second-order valence-electron chi connectivity index (χ2n) is 16.0. The Labute approximate surface area is 341 Å². The molecule has 1 amide bonds. The predicted octanol–water partition coefficient (Wildman–Crippen LogP) is 11.2. The Morgan fingerprint density at radius 2 is 0.982 bits per heavy atom. The Morgan fingerprint density at radius 3 is 1.40 bits per heavy atom. The lowest BCUT2D eigenvalue weighted by Gasteiger charge is -2.29. The maximum absolute atomic E-state index is 12.2. The summed E-state index contributed by atoms with van der Waals surface area (Å²) >= 11 is 0. The third-order valence-electron chi connectivity index (χ3n) is 10.0. The van der Waals surface area contributed by atoms with Crippen molar-refractivity contribution >= 4 is 22.2 Å². The number of unbranched alkanes of at least 4 members (excludes halogenated alkanes) is 22. The summed E-state index contributed by atoms with van der Waals surface area (Å²) in [4.78, 5) is 16.5. The first-order chi connectivity index (χ1) is 26.5. The van der Waals surface area contributed by atoms with E-state index >= 15 is 0 Å². The van der Waals surface area contributed by atoms with E-state index in [0.29, 0.717) is 19.4 Å². The van der Waals surface area contributed by atoms with E-state index in [-0.39, 0.29) is 11.8 Å². The summed E-state index contributed by atoms with van der Waals surface area (Å²) in [5.74, 6) is 0.281. The van der Waals surface area contributed by atoms with Crippen LogP contribution < -0.4 is 10.4 Å². The van der Waals surface area contributed by atoms with Gasteiger partial charge in [-0.25, -0.2) is 0 Å². The molecule has 0 spiro atoms. The molecule has 0 aliphatic rings. The summed E-state index contributed by atoms with van der Waals surface area (Å²) in [6.07, 6.45) is 45.9. The average Bonchev–Trinajstić information content (AvgIpc) is 3.15. The fraction of sp³-hybridized carbons (Fsp3) is 0.867. The zero-order valence-corrected chi connectivity index (χ0v) is 37.5. The van der Waals surface area contributed by atoms with Gasteiger partial charge in [0.2, 0.25) is 5.91 Å². The van der Waals surface area contributed by atoms with Crippen molar-refractivity contribution in [3.63, 3.8) is 0 Å². The maximum Gasteiger partial charge on any atom is 0.397 e. The van der Waals surface area contributed by atoms with E-state index in [1.165, 1.54) is 141 Å². The van der Waals surface area contributed by atoms with Gasteiger partial charge < -0.3 is 19.9 Å². The van der Waals surface area contributed by atoms with Crippen molar-refractivity contribution in [2.45, 2.75) is 206 Å². The van der Waals surface area contributed by atoms with Crippen molar-refractivity contribution in [3.05, 3.63) is 24.3 Å². The van der Waals surface area contributed by atoms with Crippen molar-refractivity contribution in [1.29, 1.82) is 0 Å². The lowest BCUT2D eigenvalue weighted by molar-refractivity contribution is -0.890. The number of amides is 1. The fourth-order valence-electron chi connectivity index (χ4n) is 6.42. The molecule has 0 heterocycles. The van der Waals surface area contributed by atoms with Gasteiger partial charge in [0.05, 0.1) is 34.3 Å². The van der Waals surface area contributed by atoms with Gasteiger partial charge in [-0.2, -0.15) is 8.42 Å². The average molecular weight is 800 g/mol. The number of aliphatic imine (C=N–C) groups is 1. The van der Waals surface area contributed by atoms with E-state index < -0.39 is 10.4 Å². The minimum Gasteiger partial charge on any atom is -0.862 e. The normalized spacial score (nSPS) is 12.4. The summed E-state index contributed by atoms with van der Waals surface area (Å²) in [6, 6.07) is 0. The molecule has 326 valence electrons. The van der Waals surface area contributed by atoms with E-state index in [2.05, 4.69) is 66.7 Å². The maximum atomic E-state index is 12.2. The van der Waals surface area contributed by atoms with Crippen LogP contribution in [0.4, 0.5) is 0 Å². The highest BCUT2D eigenvalue weighted by Gasteiger charge is 2.14. The first-order valence-electron chi connectivity index (χ1n) is 22.6. The van der Waals surface area contributed by atoms with Gasteiger partial charge in [-0.05, 0) is 76.5 Å². The molecule has 2 N–H and O–H groups in total. The summed E-state index contributed by atoms with van der Waals surface area (Å²) in [6.45, 7) is 7.97. The molecule has 0 saturated carbocycles. The van der Waals surface area contributed by atoms with Crippen molar-refractivity contribution in [1.82, 2.24) is 5.32 Å². The highest BCUT2D eigenvalue weighted by Crippen LogP contribution is 2.12. The largest absolute Gasteiger partial charge is 0.862 e. The molecular formula is C45H89N3O6S. The van der Waals surface area contributed by atoms with Crippen LogP contribution in [0.2, 0.25) is 0 Å². The predicted molar refractivity (Wildman–Crippen MR) is 234 cm³/mol. The molecule has 0 saturated heterocycles. The molecule has 0 aliphatic heterocycles. The quantitative estimate of drug-likeness (QED) is 0.0159. The standard InChI is InChI=1S/C44H85N3O2.CH4O4S/c1-5-7-9-11-13-15-17-19-21-23-25-27-29-31-33-37-43(48)45-39-35-41-47(3,4)42-36-40-46-44(49)38-34-32-30-28-26-24-22-20-18-16-14-12-10-8-6-2;1-5-6(2,3)4/h19-22H,5-18,23-42H2,1-4H3,(H-,45,46,48,49);1H3,(H,2,3,4)/b21-19-,22-20-;. The summed E-state index contributed by atoms with van der Waals surface area (Å²) < 4.78 is 30.6. The zero-order valence-electron chi connectivity index (χ0n) is 36.6. The number of carbonyl (C=O) groups excluding carboxylic acids is 1. The number of allylic oxidation sites excluding steroid dienone is 4. The van der Waals surface area contributed by atoms with Crippen LogP contribution in [0.5, 0.6) is 0 Å². The zero-order chi connectivity index (χ0) is 41.1. The molecule has 0 aromatic carbocycles. The summed E-state index contributed by atoms with van der Waals surface area (Å²) in [7, 11) is 1.18. The van der Waals surface area contributed by atoms with Gasteiger partial charge >= 0.3 is 10.4 Å². The molecule has 0 aromatic heterocycles. The third-order valence-corrected chi connectivity index (χ3v) is 10.4. The lowest BCUT2D eigenvalue weighted by atomic mass is 10.1. The van der Waals surface area contributed by atoms with Crippen LogP contribution in [0.1, 0.15) is 206 Å². The van der Waals surface area contributed by atoms with Crippen LogP contribution in [0, 0.1) is 0 Å². The molecular weight excluding hydrogens is 711 g/mol. The molecule has 0 rings (SSSR count). The molecule has 9 nitrogen and oxygen atoms in total. The third kappa shape index (κ3) is 50.2. The van der Waals surface area contributed by atoms with Crippen molar-refractivity contribution < 1.29 is 31.5 Å². The Kier molecular flexibility index (Phi) is 42.1. The number of quaternary nitrogens is 1. The highest BCUT2D eigenvalue weighted by molar-refractivity contribution is 7.80. The van der Waals surface area contributed by atoms with Gasteiger partial charge in [-0.3, -0.25) is 13.5 Å². The SMILES string of the molecule is CCCCCCCC/C=C\CCCCCCCC(=O)NCCC[N+](C)(C)CCCN=C([O-])CCCCCCC/C=C\CCCCCCCC.COS(=O)(=O)O. The van der Waals surface area contributed by atoms with Crippen LogP contribution in [-0.2, 0) is 19.4 Å². The summed E-state index contributed by atoms with van der Waals surface area (Å²) in [5, 5.41) is 15.3. The summed E-state index contributed by atoms with van der Waals surface area (Å²) in [5.41, 5.74) is 0. The van der Waals surface area contributed by atoms with Crippen LogP contribution in [0.25, 0.3) is 0 Å². The second-order valence-corrected chi connectivity index (χ2v) is 17.2. The van der Waals surface area contributed by atoms with Crippen LogP contribution in [-0.4, -0.2) is 76.6 Å². The molecule has 0 atom stereocenters. The first-order valence-corrected chi connectivity index (χ1v) is 24.0. The van der Waals surface area contributed by atoms with Gasteiger partial charge in [0.1, 0.15) is 0 Å². The molecule has 0 bridgehead atoms. The molecule has 0 fully saturated rings.